The van der Waals surface area contributed by atoms with E-state index in [1.165, 1.54) is 0 Å². The Labute approximate surface area is 194 Å². The fourth-order valence-electron chi connectivity index (χ4n) is 3.34. The van der Waals surface area contributed by atoms with E-state index in [9.17, 15) is 4.79 Å². The summed E-state index contributed by atoms with van der Waals surface area (Å²) in [4.78, 5) is 17.7. The molecule has 0 spiro atoms. The van der Waals surface area contributed by atoms with Crippen molar-refractivity contribution in [2.45, 2.75) is 34.2 Å². The monoisotopic (exact) mass is 449 g/mol. The molecule has 174 valence electrons. The zero-order valence-electron chi connectivity index (χ0n) is 19.8. The summed E-state index contributed by atoms with van der Waals surface area (Å²) in [6.45, 7) is 9.11. The highest BCUT2D eigenvalue weighted by Gasteiger charge is 2.15. The first-order valence-electron chi connectivity index (χ1n) is 11.0. The molecule has 8 heteroatoms. The van der Waals surface area contributed by atoms with Crippen LogP contribution in [-0.4, -0.2) is 34.9 Å². The molecular weight excluding hydrogens is 418 g/mol. The average molecular weight is 450 g/mol. The first kappa shape index (κ1) is 23.8. The predicted molar refractivity (Wildman–Crippen MR) is 130 cm³/mol. The molecule has 2 N–H and O–H groups in total. The van der Waals surface area contributed by atoms with Crippen molar-refractivity contribution < 1.29 is 14.3 Å². The van der Waals surface area contributed by atoms with E-state index in [2.05, 4.69) is 20.7 Å². The molecule has 33 heavy (non-hydrogen) atoms. The number of rotatable bonds is 8. The molecule has 0 aliphatic heterocycles. The number of aromatic nitrogens is 2. The maximum atomic E-state index is 13.1. The number of guanidine groups is 1. The number of nitrogens with one attached hydrogen (secondary N) is 2. The number of hydrogen-bond donors (Lipinski definition) is 2. The minimum absolute atomic E-state index is 0.305. The van der Waals surface area contributed by atoms with Crippen LogP contribution < -0.4 is 20.1 Å². The summed E-state index contributed by atoms with van der Waals surface area (Å²) in [5, 5.41) is 10.5. The molecule has 0 saturated heterocycles. The van der Waals surface area contributed by atoms with Gasteiger partial charge in [-0.1, -0.05) is 18.2 Å². The minimum Gasteiger partial charge on any atom is -0.490 e. The Morgan fingerprint density at radius 1 is 1.03 bits per heavy atom. The molecule has 0 radical (unpaired) electrons. The number of benzene rings is 2. The molecule has 3 aromatic rings. The maximum Gasteiger partial charge on any atom is 0.258 e. The SMILES string of the molecule is CCOc1ccc(C(=O)NC(=NCc2c(C)nn(C)c2C)Nc2ccccc2)cc1OCC. The third-order valence-corrected chi connectivity index (χ3v) is 5.13. The highest BCUT2D eigenvalue weighted by Crippen LogP contribution is 2.28. The molecule has 0 unspecified atom stereocenters. The Kier molecular flexibility index (Phi) is 8.07. The van der Waals surface area contributed by atoms with Gasteiger partial charge in [0, 0.05) is 29.6 Å². The molecule has 0 fully saturated rings. The van der Waals surface area contributed by atoms with Crippen molar-refractivity contribution in [3.05, 3.63) is 71.0 Å². The van der Waals surface area contributed by atoms with Crippen molar-refractivity contribution in [3.63, 3.8) is 0 Å². The highest BCUT2D eigenvalue weighted by atomic mass is 16.5. The van der Waals surface area contributed by atoms with Crippen LogP contribution in [0.4, 0.5) is 5.69 Å². The van der Waals surface area contributed by atoms with E-state index < -0.39 is 0 Å². The van der Waals surface area contributed by atoms with Crippen LogP contribution in [-0.2, 0) is 13.6 Å². The van der Waals surface area contributed by atoms with Gasteiger partial charge < -0.3 is 14.8 Å². The number of aryl methyl sites for hydroxylation is 2. The van der Waals surface area contributed by atoms with Crippen molar-refractivity contribution in [3.8, 4) is 11.5 Å². The highest BCUT2D eigenvalue weighted by molar-refractivity contribution is 6.10. The Hall–Kier alpha value is -3.81. The van der Waals surface area contributed by atoms with Gasteiger partial charge in [-0.25, -0.2) is 4.99 Å². The van der Waals surface area contributed by atoms with Gasteiger partial charge >= 0.3 is 0 Å². The fourth-order valence-corrected chi connectivity index (χ4v) is 3.34. The van der Waals surface area contributed by atoms with Gasteiger partial charge in [0.05, 0.1) is 25.5 Å². The molecule has 0 saturated carbocycles. The van der Waals surface area contributed by atoms with Crippen LogP contribution in [0.25, 0.3) is 0 Å². The normalized spacial score (nSPS) is 11.2. The lowest BCUT2D eigenvalue weighted by Crippen LogP contribution is -2.36. The summed E-state index contributed by atoms with van der Waals surface area (Å²) in [5.74, 6) is 1.18. The molecule has 3 rings (SSSR count). The third-order valence-electron chi connectivity index (χ3n) is 5.13. The Morgan fingerprint density at radius 3 is 2.36 bits per heavy atom. The maximum absolute atomic E-state index is 13.1. The van der Waals surface area contributed by atoms with Crippen molar-refractivity contribution in [2.75, 3.05) is 18.5 Å². The largest absolute Gasteiger partial charge is 0.490 e. The van der Waals surface area contributed by atoms with E-state index in [-0.39, 0.29) is 5.91 Å². The van der Waals surface area contributed by atoms with Gasteiger partial charge in [0.1, 0.15) is 0 Å². The lowest BCUT2D eigenvalue weighted by molar-refractivity contribution is 0.0976. The topological polar surface area (TPSA) is 89.8 Å². The van der Waals surface area contributed by atoms with E-state index in [4.69, 9.17) is 9.47 Å². The summed E-state index contributed by atoms with van der Waals surface area (Å²) >= 11 is 0. The number of nitrogens with zero attached hydrogens (tertiary/aromatic N) is 3. The first-order valence-corrected chi connectivity index (χ1v) is 11.0. The van der Waals surface area contributed by atoms with Gasteiger partial charge in [-0.3, -0.25) is 14.8 Å². The number of carbonyl (C=O) groups is 1. The smallest absolute Gasteiger partial charge is 0.258 e. The molecule has 8 nitrogen and oxygen atoms in total. The molecule has 1 heterocycles. The van der Waals surface area contributed by atoms with Crippen molar-refractivity contribution in [2.24, 2.45) is 12.0 Å². The molecule has 1 aromatic heterocycles. The number of aliphatic imine (C=N–C) groups is 1. The van der Waals surface area contributed by atoms with Gasteiger partial charge in [-0.2, -0.15) is 5.10 Å². The van der Waals surface area contributed by atoms with Crippen molar-refractivity contribution in [1.82, 2.24) is 15.1 Å². The molecule has 1 amide bonds. The zero-order valence-corrected chi connectivity index (χ0v) is 19.8. The molecule has 2 aromatic carbocycles. The first-order chi connectivity index (χ1) is 15.9. The van der Waals surface area contributed by atoms with E-state index >= 15 is 0 Å². The van der Waals surface area contributed by atoms with Gasteiger partial charge in [0.15, 0.2) is 11.5 Å². The minimum atomic E-state index is -0.305. The van der Waals surface area contributed by atoms with Crippen LogP contribution in [0.5, 0.6) is 11.5 Å². The predicted octanol–water partition coefficient (Wildman–Crippen LogP) is 4.23. The second-order valence-corrected chi connectivity index (χ2v) is 7.41. The van der Waals surface area contributed by atoms with Crippen LogP contribution in [0.3, 0.4) is 0 Å². The molecule has 0 aliphatic carbocycles. The third kappa shape index (κ3) is 6.12. The molecule has 0 bridgehead atoms. The van der Waals surface area contributed by atoms with E-state index in [1.54, 1.807) is 18.2 Å². The summed E-state index contributed by atoms with van der Waals surface area (Å²) in [5.41, 5.74) is 4.24. The van der Waals surface area contributed by atoms with Gasteiger partial charge in [0.2, 0.25) is 5.96 Å². The molecule has 0 atom stereocenters. The van der Waals surface area contributed by atoms with Gasteiger partial charge in [-0.05, 0) is 58.0 Å². The number of carbonyl (C=O) groups excluding carboxylic acids is 1. The van der Waals surface area contributed by atoms with Crippen molar-refractivity contribution in [1.29, 1.82) is 0 Å². The standard InChI is InChI=1S/C25H31N5O3/c1-6-32-22-14-13-19(15-23(22)33-7-2)24(31)28-25(27-20-11-9-8-10-12-20)26-16-21-17(3)29-30(5)18(21)4/h8-15H,6-7,16H2,1-5H3,(H2,26,27,28,31). The number of amides is 1. The summed E-state index contributed by atoms with van der Waals surface area (Å²) in [6, 6.07) is 14.7. The quantitative estimate of drug-likeness (QED) is 0.397. The Bertz CT molecular complexity index is 1120. The van der Waals surface area contributed by atoms with E-state index in [1.807, 2.05) is 69.8 Å². The molecular formula is C25H31N5O3. The van der Waals surface area contributed by atoms with Crippen LogP contribution in [0.2, 0.25) is 0 Å². The average Bonchev–Trinajstić information content (AvgIpc) is 3.05. The number of ether oxygens (including phenoxy) is 2. The zero-order chi connectivity index (χ0) is 23.8. The fraction of sp³-hybridized carbons (Fsp3) is 0.320. The molecule has 0 aliphatic rings. The Morgan fingerprint density at radius 2 is 1.73 bits per heavy atom. The van der Waals surface area contributed by atoms with Crippen LogP contribution in [0.15, 0.2) is 53.5 Å². The lowest BCUT2D eigenvalue weighted by atomic mass is 10.2. The number of anilines is 1. The van der Waals surface area contributed by atoms with Crippen LogP contribution >= 0.6 is 0 Å². The summed E-state index contributed by atoms with van der Waals surface area (Å²) in [6.07, 6.45) is 0. The lowest BCUT2D eigenvalue weighted by Gasteiger charge is -2.14. The van der Waals surface area contributed by atoms with E-state index in [0.29, 0.717) is 42.8 Å². The number of hydrogen-bond acceptors (Lipinski definition) is 5. The second-order valence-electron chi connectivity index (χ2n) is 7.41. The van der Waals surface area contributed by atoms with Crippen molar-refractivity contribution >= 4 is 17.6 Å². The van der Waals surface area contributed by atoms with Crippen LogP contribution in [0, 0.1) is 13.8 Å². The summed E-state index contributed by atoms with van der Waals surface area (Å²) in [7, 11) is 1.91. The van der Waals surface area contributed by atoms with Gasteiger partial charge in [-0.15, -0.1) is 0 Å². The van der Waals surface area contributed by atoms with Gasteiger partial charge in [0.25, 0.3) is 5.91 Å². The van der Waals surface area contributed by atoms with Crippen LogP contribution in [0.1, 0.15) is 41.2 Å². The number of para-hydroxylation sites is 1. The second kappa shape index (κ2) is 11.2. The Balaban J connectivity index is 1.86. The summed E-state index contributed by atoms with van der Waals surface area (Å²) < 4.78 is 13.1. The van der Waals surface area contributed by atoms with E-state index in [0.717, 1.165) is 22.6 Å².